The fraction of sp³-hybridized carbons (Fsp3) is 0.200. The number of nitrogens with one attached hydrogen (secondary N) is 1. The zero-order valence-corrected chi connectivity index (χ0v) is 15.9. The van der Waals surface area contributed by atoms with Crippen LogP contribution < -0.4 is 5.32 Å². The maximum Gasteiger partial charge on any atom is 0.134 e. The Morgan fingerprint density at radius 3 is 2.76 bits per heavy atom. The van der Waals surface area contributed by atoms with Gasteiger partial charge in [-0.1, -0.05) is 18.5 Å². The highest BCUT2D eigenvalue weighted by atomic mass is 79.9. The molecule has 0 saturated carbocycles. The molecule has 0 aliphatic carbocycles. The van der Waals surface area contributed by atoms with Crippen LogP contribution in [-0.2, 0) is 0 Å². The maximum atomic E-state index is 6.04. The summed E-state index contributed by atoms with van der Waals surface area (Å²) in [4.78, 5) is 1.20. The normalized spacial score (nSPS) is 13.0. The molecule has 0 aliphatic heterocycles. The molecule has 0 bridgehead atoms. The molecule has 0 saturated heterocycles. The van der Waals surface area contributed by atoms with Crippen LogP contribution in [0.25, 0.3) is 11.0 Å². The lowest BCUT2D eigenvalue weighted by Gasteiger charge is -2.13. The molecule has 110 valence electrons. The van der Waals surface area contributed by atoms with E-state index in [0.29, 0.717) is 0 Å². The molecular formula is C15H12Br2ClNOS. The fourth-order valence-electron chi connectivity index (χ4n) is 2.23. The van der Waals surface area contributed by atoms with Crippen molar-refractivity contribution >= 4 is 65.8 Å². The molecule has 0 amide bonds. The van der Waals surface area contributed by atoms with Crippen LogP contribution in [-0.4, -0.2) is 6.54 Å². The first kappa shape index (κ1) is 15.6. The minimum absolute atomic E-state index is 0.0359. The quantitative estimate of drug-likeness (QED) is 0.501. The molecule has 3 rings (SSSR count). The molecule has 6 heteroatoms. The highest BCUT2D eigenvalue weighted by Crippen LogP contribution is 2.39. The largest absolute Gasteiger partial charge is 0.459 e. The molecule has 0 spiro atoms. The average molecular weight is 450 g/mol. The van der Waals surface area contributed by atoms with E-state index in [1.54, 1.807) is 11.3 Å². The molecule has 2 nitrogen and oxygen atoms in total. The Balaban J connectivity index is 2.06. The molecule has 0 aliphatic rings. The van der Waals surface area contributed by atoms with E-state index in [0.717, 1.165) is 36.6 Å². The van der Waals surface area contributed by atoms with Gasteiger partial charge in [0.2, 0.25) is 0 Å². The van der Waals surface area contributed by atoms with E-state index >= 15 is 0 Å². The second-order valence-corrected chi connectivity index (χ2v) is 8.28. The van der Waals surface area contributed by atoms with E-state index in [-0.39, 0.29) is 6.04 Å². The number of benzene rings is 1. The summed E-state index contributed by atoms with van der Waals surface area (Å²) in [6.45, 7) is 2.94. The topological polar surface area (TPSA) is 25.2 Å². The van der Waals surface area contributed by atoms with Crippen molar-refractivity contribution in [3.05, 3.63) is 54.3 Å². The fourth-order valence-corrected chi connectivity index (χ4v) is 4.58. The Morgan fingerprint density at radius 2 is 2.10 bits per heavy atom. The van der Waals surface area contributed by atoms with Gasteiger partial charge >= 0.3 is 0 Å². The lowest BCUT2D eigenvalue weighted by molar-refractivity contribution is 0.481. The summed E-state index contributed by atoms with van der Waals surface area (Å²) < 4.78 is 8.14. The lowest BCUT2D eigenvalue weighted by atomic mass is 10.1. The van der Waals surface area contributed by atoms with Crippen LogP contribution in [0, 0.1) is 0 Å². The van der Waals surface area contributed by atoms with Crippen molar-refractivity contribution in [1.82, 2.24) is 5.32 Å². The van der Waals surface area contributed by atoms with Crippen LogP contribution in [0.5, 0.6) is 0 Å². The van der Waals surface area contributed by atoms with Gasteiger partial charge in [0, 0.05) is 19.8 Å². The van der Waals surface area contributed by atoms with E-state index < -0.39 is 0 Å². The molecule has 1 unspecified atom stereocenters. The summed E-state index contributed by atoms with van der Waals surface area (Å²) in [6.07, 6.45) is 0. The molecule has 21 heavy (non-hydrogen) atoms. The number of halogens is 3. The molecule has 2 aromatic heterocycles. The first-order chi connectivity index (χ1) is 10.1. The molecule has 1 aromatic carbocycles. The van der Waals surface area contributed by atoms with Crippen molar-refractivity contribution in [1.29, 1.82) is 0 Å². The third-order valence-electron chi connectivity index (χ3n) is 3.14. The van der Waals surface area contributed by atoms with Crippen molar-refractivity contribution in [3.63, 3.8) is 0 Å². The minimum atomic E-state index is 0.0359. The predicted octanol–water partition coefficient (Wildman–Crippen LogP) is 6.37. The van der Waals surface area contributed by atoms with Crippen molar-refractivity contribution < 1.29 is 4.42 Å². The third kappa shape index (κ3) is 3.22. The standard InChI is InChI=1S/C15H12Br2ClNOS/c1-2-19-14(13-7-10(16)15(17)21-13)12-6-8-5-9(18)3-4-11(8)20-12/h3-7,14,19H,2H2,1H3. The monoisotopic (exact) mass is 447 g/mol. The van der Waals surface area contributed by atoms with Crippen LogP contribution in [0.1, 0.15) is 23.6 Å². The molecule has 2 heterocycles. The van der Waals surface area contributed by atoms with E-state index in [1.807, 2.05) is 18.2 Å². The number of fused-ring (bicyclic) bond motifs is 1. The van der Waals surface area contributed by atoms with Crippen LogP contribution in [0.4, 0.5) is 0 Å². The van der Waals surface area contributed by atoms with Gasteiger partial charge in [-0.05, 0) is 68.7 Å². The van der Waals surface area contributed by atoms with Crippen molar-refractivity contribution in [2.45, 2.75) is 13.0 Å². The summed E-state index contributed by atoms with van der Waals surface area (Å²) in [7, 11) is 0. The second kappa shape index (κ2) is 6.42. The van der Waals surface area contributed by atoms with E-state index in [9.17, 15) is 0 Å². The predicted molar refractivity (Wildman–Crippen MR) is 96.5 cm³/mol. The summed E-state index contributed by atoms with van der Waals surface area (Å²) in [5.74, 6) is 0.898. The Morgan fingerprint density at radius 1 is 1.29 bits per heavy atom. The smallest absolute Gasteiger partial charge is 0.134 e. The second-order valence-electron chi connectivity index (χ2n) is 4.59. The lowest BCUT2D eigenvalue weighted by Crippen LogP contribution is -2.20. The maximum absolute atomic E-state index is 6.04. The molecule has 0 fully saturated rings. The first-order valence-corrected chi connectivity index (χ1v) is 9.23. The van der Waals surface area contributed by atoms with Crippen LogP contribution in [0.15, 0.2) is 43.0 Å². The highest BCUT2D eigenvalue weighted by molar-refractivity contribution is 9.13. The molecular weight excluding hydrogens is 437 g/mol. The third-order valence-corrected chi connectivity index (χ3v) is 6.70. The van der Waals surface area contributed by atoms with Gasteiger partial charge in [-0.25, -0.2) is 0 Å². The minimum Gasteiger partial charge on any atom is -0.459 e. The molecule has 0 radical (unpaired) electrons. The number of furan rings is 1. The van der Waals surface area contributed by atoms with Crippen LogP contribution >= 0.6 is 54.8 Å². The van der Waals surface area contributed by atoms with Gasteiger partial charge in [-0.15, -0.1) is 11.3 Å². The number of rotatable bonds is 4. The Labute approximate surface area is 148 Å². The van der Waals surface area contributed by atoms with Gasteiger partial charge in [-0.3, -0.25) is 0 Å². The number of hydrogen-bond acceptors (Lipinski definition) is 3. The highest BCUT2D eigenvalue weighted by Gasteiger charge is 2.21. The Bertz CT molecular complexity index is 764. The molecule has 3 aromatic rings. The molecule has 1 N–H and O–H groups in total. The number of thiophene rings is 1. The van der Waals surface area contributed by atoms with Gasteiger partial charge in [0.1, 0.15) is 17.4 Å². The van der Waals surface area contributed by atoms with Crippen LogP contribution in [0.3, 0.4) is 0 Å². The van der Waals surface area contributed by atoms with Gasteiger partial charge in [0.15, 0.2) is 0 Å². The Hall–Kier alpha value is -0.330. The number of hydrogen-bond donors (Lipinski definition) is 1. The van der Waals surface area contributed by atoms with Crippen molar-refractivity contribution in [3.8, 4) is 0 Å². The van der Waals surface area contributed by atoms with Gasteiger partial charge in [0.05, 0.1) is 3.79 Å². The average Bonchev–Trinajstić information content (AvgIpc) is 2.99. The van der Waals surface area contributed by atoms with Crippen molar-refractivity contribution in [2.24, 2.45) is 0 Å². The SMILES string of the molecule is CCNC(c1cc2cc(Cl)ccc2o1)c1cc(Br)c(Br)s1. The van der Waals surface area contributed by atoms with E-state index in [4.69, 9.17) is 16.0 Å². The zero-order valence-electron chi connectivity index (χ0n) is 11.1. The summed E-state index contributed by atoms with van der Waals surface area (Å²) >= 11 is 14.8. The summed E-state index contributed by atoms with van der Waals surface area (Å²) in [6, 6.07) is 9.88. The van der Waals surface area contributed by atoms with Gasteiger partial charge in [-0.2, -0.15) is 0 Å². The van der Waals surface area contributed by atoms with Crippen molar-refractivity contribution in [2.75, 3.05) is 6.54 Å². The zero-order chi connectivity index (χ0) is 15.0. The Kier molecular flexibility index (Phi) is 4.76. The van der Waals surface area contributed by atoms with E-state index in [2.05, 4.69) is 56.2 Å². The van der Waals surface area contributed by atoms with Gasteiger partial charge in [0.25, 0.3) is 0 Å². The molecule has 1 atom stereocenters. The van der Waals surface area contributed by atoms with Gasteiger partial charge < -0.3 is 9.73 Å². The van der Waals surface area contributed by atoms with Crippen LogP contribution in [0.2, 0.25) is 5.02 Å². The first-order valence-electron chi connectivity index (χ1n) is 6.45. The summed E-state index contributed by atoms with van der Waals surface area (Å²) in [5, 5.41) is 5.22. The summed E-state index contributed by atoms with van der Waals surface area (Å²) in [5.41, 5.74) is 0.854. The van der Waals surface area contributed by atoms with E-state index in [1.165, 1.54) is 4.88 Å².